The minimum atomic E-state index is -1.03. The molecule has 100 valence electrons. The van der Waals surface area contributed by atoms with Gasteiger partial charge in [-0.3, -0.25) is 4.79 Å². The molecule has 5 nitrogen and oxygen atoms in total. The van der Waals surface area contributed by atoms with Crippen LogP contribution < -0.4 is 0 Å². The van der Waals surface area contributed by atoms with Crippen molar-refractivity contribution in [2.75, 3.05) is 6.54 Å². The van der Waals surface area contributed by atoms with Gasteiger partial charge in [-0.25, -0.2) is 4.79 Å². The van der Waals surface area contributed by atoms with Gasteiger partial charge in [-0.1, -0.05) is 11.6 Å². The lowest BCUT2D eigenvalue weighted by atomic mass is 9.97. The quantitative estimate of drug-likeness (QED) is 0.733. The van der Waals surface area contributed by atoms with Gasteiger partial charge in [-0.15, -0.1) is 0 Å². The van der Waals surface area contributed by atoms with Gasteiger partial charge in [0, 0.05) is 19.4 Å². The summed E-state index contributed by atoms with van der Waals surface area (Å²) in [5, 5.41) is 18.5. The number of carbonyl (C=O) groups excluding carboxylic acids is 1. The van der Waals surface area contributed by atoms with E-state index in [4.69, 9.17) is 5.11 Å². The van der Waals surface area contributed by atoms with E-state index in [-0.39, 0.29) is 18.9 Å². The molecule has 0 saturated carbocycles. The number of hydrogen-bond acceptors (Lipinski definition) is 3. The number of amides is 1. The minimum Gasteiger partial charge on any atom is -0.480 e. The van der Waals surface area contributed by atoms with Gasteiger partial charge in [0.15, 0.2) is 0 Å². The first kappa shape index (κ1) is 13.1. The van der Waals surface area contributed by atoms with Crippen LogP contribution >= 0.6 is 0 Å². The van der Waals surface area contributed by atoms with Crippen molar-refractivity contribution in [1.29, 1.82) is 0 Å². The molecule has 2 aliphatic rings. The number of hydrogen-bond donors (Lipinski definition) is 2. The average molecular weight is 253 g/mol. The Balaban J connectivity index is 1.99. The molecule has 1 fully saturated rings. The van der Waals surface area contributed by atoms with E-state index in [1.165, 1.54) is 4.90 Å². The van der Waals surface area contributed by atoms with Crippen LogP contribution in [0.5, 0.6) is 0 Å². The summed E-state index contributed by atoms with van der Waals surface area (Å²) in [5.74, 6) is -1.20. The Morgan fingerprint density at radius 3 is 2.78 bits per heavy atom. The Bertz CT molecular complexity index is 377. The fourth-order valence-corrected chi connectivity index (χ4v) is 2.68. The summed E-state index contributed by atoms with van der Waals surface area (Å²) in [5.41, 5.74) is 1.11. The number of nitrogens with zero attached hydrogens (tertiary/aromatic N) is 1. The van der Waals surface area contributed by atoms with E-state index in [2.05, 4.69) is 6.08 Å². The van der Waals surface area contributed by atoms with E-state index in [0.29, 0.717) is 6.42 Å². The van der Waals surface area contributed by atoms with Crippen LogP contribution in [-0.4, -0.2) is 45.7 Å². The largest absolute Gasteiger partial charge is 0.480 e. The lowest BCUT2D eigenvalue weighted by Crippen LogP contribution is -2.40. The Morgan fingerprint density at radius 2 is 2.17 bits per heavy atom. The number of rotatable bonds is 3. The Kier molecular flexibility index (Phi) is 4.01. The zero-order chi connectivity index (χ0) is 13.1. The van der Waals surface area contributed by atoms with Crippen molar-refractivity contribution in [3.8, 4) is 0 Å². The Hall–Kier alpha value is -1.36. The predicted molar refractivity (Wildman–Crippen MR) is 64.9 cm³/mol. The molecule has 1 saturated heterocycles. The molecule has 0 aromatic rings. The molecular formula is C13H19NO4. The SMILES string of the molecule is O=C(O)[C@@H]1C[C@@H](O)CN1C(=O)CC1=CCCCC1. The highest BCUT2D eigenvalue weighted by Gasteiger charge is 2.38. The van der Waals surface area contributed by atoms with Crippen molar-refractivity contribution < 1.29 is 19.8 Å². The van der Waals surface area contributed by atoms with E-state index in [1.807, 2.05) is 0 Å². The van der Waals surface area contributed by atoms with Crippen LogP contribution in [0, 0.1) is 0 Å². The molecule has 2 N–H and O–H groups in total. The van der Waals surface area contributed by atoms with Crippen molar-refractivity contribution in [1.82, 2.24) is 4.90 Å². The summed E-state index contributed by atoms with van der Waals surface area (Å²) in [6, 6.07) is -0.864. The molecule has 5 heteroatoms. The van der Waals surface area contributed by atoms with E-state index < -0.39 is 18.1 Å². The van der Waals surface area contributed by atoms with Gasteiger partial charge in [0.1, 0.15) is 6.04 Å². The monoisotopic (exact) mass is 253 g/mol. The number of aliphatic hydroxyl groups is 1. The summed E-state index contributed by atoms with van der Waals surface area (Å²) in [4.78, 5) is 24.4. The van der Waals surface area contributed by atoms with Crippen molar-refractivity contribution in [2.45, 2.75) is 50.7 Å². The highest BCUT2D eigenvalue weighted by molar-refractivity contribution is 5.85. The van der Waals surface area contributed by atoms with Crippen molar-refractivity contribution >= 4 is 11.9 Å². The number of carboxylic acids is 1. The molecule has 1 amide bonds. The molecule has 2 rings (SSSR count). The number of carboxylic acid groups (broad SMARTS) is 1. The second-order valence-electron chi connectivity index (χ2n) is 5.07. The van der Waals surface area contributed by atoms with E-state index >= 15 is 0 Å². The molecule has 18 heavy (non-hydrogen) atoms. The first-order valence-corrected chi connectivity index (χ1v) is 6.46. The lowest BCUT2D eigenvalue weighted by Gasteiger charge is -2.22. The fraction of sp³-hybridized carbons (Fsp3) is 0.692. The maximum atomic E-state index is 12.1. The van der Waals surface area contributed by atoms with Crippen LogP contribution in [0.25, 0.3) is 0 Å². The Labute approximate surface area is 106 Å². The molecule has 1 heterocycles. The van der Waals surface area contributed by atoms with Crippen LogP contribution in [0.15, 0.2) is 11.6 Å². The first-order chi connectivity index (χ1) is 8.58. The molecule has 0 aromatic carbocycles. The van der Waals surface area contributed by atoms with Gasteiger partial charge in [-0.05, 0) is 25.7 Å². The van der Waals surface area contributed by atoms with Crippen molar-refractivity contribution in [3.05, 3.63) is 11.6 Å². The highest BCUT2D eigenvalue weighted by Crippen LogP contribution is 2.24. The third kappa shape index (κ3) is 2.90. The van der Waals surface area contributed by atoms with E-state index in [9.17, 15) is 14.7 Å². The molecular weight excluding hydrogens is 234 g/mol. The zero-order valence-corrected chi connectivity index (χ0v) is 10.3. The highest BCUT2D eigenvalue weighted by atomic mass is 16.4. The summed E-state index contributed by atoms with van der Waals surface area (Å²) >= 11 is 0. The third-order valence-corrected chi connectivity index (χ3v) is 3.65. The number of likely N-dealkylation sites (tertiary alicyclic amines) is 1. The topological polar surface area (TPSA) is 77.8 Å². The molecule has 0 unspecified atom stereocenters. The van der Waals surface area contributed by atoms with Crippen LogP contribution in [0.3, 0.4) is 0 Å². The second-order valence-corrected chi connectivity index (χ2v) is 5.07. The normalized spacial score (nSPS) is 28.1. The number of carbonyl (C=O) groups is 2. The van der Waals surface area contributed by atoms with Gasteiger partial charge in [0.05, 0.1) is 6.10 Å². The minimum absolute atomic E-state index is 0.139. The molecule has 1 aliphatic heterocycles. The third-order valence-electron chi connectivity index (χ3n) is 3.65. The van der Waals surface area contributed by atoms with Gasteiger partial charge >= 0.3 is 5.97 Å². The number of aliphatic carboxylic acids is 1. The van der Waals surface area contributed by atoms with Gasteiger partial charge in [0.25, 0.3) is 0 Å². The summed E-state index contributed by atoms with van der Waals surface area (Å²) in [6.07, 6.45) is 6.02. The molecule has 2 atom stereocenters. The number of aliphatic hydroxyl groups excluding tert-OH is 1. The second kappa shape index (κ2) is 5.52. The van der Waals surface area contributed by atoms with Crippen LogP contribution in [0.4, 0.5) is 0 Å². The standard InChI is InChI=1S/C13H19NO4/c15-10-7-11(13(17)18)14(8-10)12(16)6-9-4-2-1-3-5-9/h4,10-11,15H,1-3,5-8H2,(H,17,18)/t10-,11+/m1/s1. The first-order valence-electron chi connectivity index (χ1n) is 6.46. The maximum absolute atomic E-state index is 12.1. The van der Waals surface area contributed by atoms with Crippen molar-refractivity contribution in [2.24, 2.45) is 0 Å². The summed E-state index contributed by atoms with van der Waals surface area (Å²) in [6.45, 7) is 0.142. The smallest absolute Gasteiger partial charge is 0.326 e. The van der Waals surface area contributed by atoms with Gasteiger partial charge in [0.2, 0.25) is 5.91 Å². The van der Waals surface area contributed by atoms with E-state index in [0.717, 1.165) is 31.3 Å². The zero-order valence-electron chi connectivity index (χ0n) is 10.3. The van der Waals surface area contributed by atoms with Crippen molar-refractivity contribution in [3.63, 3.8) is 0 Å². The number of β-amino-alcohol motifs (C(OH)–C–C–N with tert-alkyl or cyclic N) is 1. The molecule has 0 aromatic heterocycles. The fourth-order valence-electron chi connectivity index (χ4n) is 2.68. The predicted octanol–water partition coefficient (Wildman–Crippen LogP) is 0.923. The van der Waals surface area contributed by atoms with Crippen LogP contribution in [-0.2, 0) is 9.59 Å². The van der Waals surface area contributed by atoms with Crippen LogP contribution in [0.1, 0.15) is 38.5 Å². The molecule has 0 spiro atoms. The lowest BCUT2D eigenvalue weighted by molar-refractivity contribution is -0.148. The Morgan fingerprint density at radius 1 is 1.39 bits per heavy atom. The average Bonchev–Trinajstić information content (AvgIpc) is 2.73. The summed E-state index contributed by atoms with van der Waals surface area (Å²) < 4.78 is 0. The maximum Gasteiger partial charge on any atom is 0.326 e. The molecule has 1 aliphatic carbocycles. The molecule has 0 radical (unpaired) electrons. The number of allylic oxidation sites excluding steroid dienone is 1. The van der Waals surface area contributed by atoms with Gasteiger partial charge < -0.3 is 15.1 Å². The summed E-state index contributed by atoms with van der Waals surface area (Å²) in [7, 11) is 0. The van der Waals surface area contributed by atoms with Gasteiger partial charge in [-0.2, -0.15) is 0 Å². The molecule has 0 bridgehead atoms. The van der Waals surface area contributed by atoms with E-state index in [1.54, 1.807) is 0 Å². The van der Waals surface area contributed by atoms with Crippen LogP contribution in [0.2, 0.25) is 0 Å².